The van der Waals surface area contributed by atoms with Gasteiger partial charge in [-0.1, -0.05) is 12.2 Å². The highest BCUT2D eigenvalue weighted by atomic mass is 16.6. The zero-order chi connectivity index (χ0) is 13.4. The van der Waals surface area contributed by atoms with Crippen molar-refractivity contribution in [2.75, 3.05) is 0 Å². The zero-order valence-corrected chi connectivity index (χ0v) is 10.9. The molecule has 0 saturated heterocycles. The van der Waals surface area contributed by atoms with E-state index in [0.717, 1.165) is 35.2 Å². The average Bonchev–Trinajstić information content (AvgIpc) is 2.86. The van der Waals surface area contributed by atoms with E-state index in [1.807, 2.05) is 0 Å². The molecule has 0 N–H and O–H groups in total. The van der Waals surface area contributed by atoms with Crippen LogP contribution in [0.15, 0.2) is 36.4 Å². The predicted molar refractivity (Wildman–Crippen MR) is 71.8 cm³/mol. The summed E-state index contributed by atoms with van der Waals surface area (Å²) in [5, 5.41) is 10.6. The van der Waals surface area contributed by atoms with Crippen LogP contribution in [0.2, 0.25) is 0 Å². The summed E-state index contributed by atoms with van der Waals surface area (Å²) < 4.78 is 6.15. The van der Waals surface area contributed by atoms with Gasteiger partial charge in [0.1, 0.15) is 0 Å². The van der Waals surface area contributed by atoms with Crippen molar-refractivity contribution in [1.29, 1.82) is 0 Å². The van der Waals surface area contributed by atoms with Crippen LogP contribution in [0.4, 0.5) is 5.69 Å². The Hall–Kier alpha value is -1.68. The van der Waals surface area contributed by atoms with Crippen LogP contribution in [0, 0.1) is 45.6 Å². The number of non-ortho nitro benzene ring substituents is 1. The third-order valence-electron chi connectivity index (χ3n) is 5.87. The number of hydrogen-bond acceptors (Lipinski definition) is 3. The average molecular weight is 269 g/mol. The number of benzene rings is 1. The number of hydrogen-bond donors (Lipinski definition) is 0. The first-order valence-corrected chi connectivity index (χ1v) is 7.29. The molecular formula is C16H15NO3. The number of nitro groups is 1. The van der Waals surface area contributed by atoms with E-state index in [-0.39, 0.29) is 10.6 Å². The second-order valence-electron chi connectivity index (χ2n) is 6.55. The van der Waals surface area contributed by atoms with Gasteiger partial charge in [-0.15, -0.1) is 0 Å². The molecule has 4 aliphatic rings. The van der Waals surface area contributed by atoms with Gasteiger partial charge in [0.05, 0.1) is 17.6 Å². The summed E-state index contributed by atoms with van der Waals surface area (Å²) in [5.41, 5.74) is 1.16. The first-order valence-electron chi connectivity index (χ1n) is 7.29. The Balaban J connectivity index is 1.28. The monoisotopic (exact) mass is 269 g/mol. The van der Waals surface area contributed by atoms with Crippen LogP contribution in [0.25, 0.3) is 0 Å². The summed E-state index contributed by atoms with van der Waals surface area (Å²) in [4.78, 5) is 10.3. The quantitative estimate of drug-likeness (QED) is 0.480. The van der Waals surface area contributed by atoms with Gasteiger partial charge in [-0.2, -0.15) is 0 Å². The van der Waals surface area contributed by atoms with Crippen molar-refractivity contribution in [3.63, 3.8) is 0 Å². The van der Waals surface area contributed by atoms with Crippen molar-refractivity contribution in [1.82, 2.24) is 0 Å². The van der Waals surface area contributed by atoms with E-state index >= 15 is 0 Å². The Morgan fingerprint density at radius 1 is 1.00 bits per heavy atom. The van der Waals surface area contributed by atoms with Gasteiger partial charge < -0.3 is 4.74 Å². The summed E-state index contributed by atoms with van der Waals surface area (Å²) in [6.45, 7) is 0.570. The summed E-state index contributed by atoms with van der Waals surface area (Å²) in [6, 6.07) is 6.70. The zero-order valence-electron chi connectivity index (χ0n) is 10.9. The molecule has 0 heterocycles. The molecule has 102 valence electrons. The molecule has 1 aromatic rings. The fourth-order valence-corrected chi connectivity index (χ4v) is 5.09. The molecular weight excluding hydrogens is 254 g/mol. The van der Waals surface area contributed by atoms with E-state index < -0.39 is 0 Å². The standard InChI is InChI=1S/C16H15NO3/c18-17(19)9-3-1-8(2-4-9)7-20-16-11-6-5-10-12(11)14-13(10)15(14)16/h1-6,10-16H,7H2/t10-,11+,12+,13-,14-,15+,16+/m0/s1. The fraction of sp³-hybridized carbons (Fsp3) is 0.500. The van der Waals surface area contributed by atoms with Gasteiger partial charge in [-0.3, -0.25) is 10.1 Å². The van der Waals surface area contributed by atoms with Crippen molar-refractivity contribution in [2.24, 2.45) is 35.5 Å². The molecule has 0 unspecified atom stereocenters. The lowest BCUT2D eigenvalue weighted by atomic mass is 9.70. The third kappa shape index (κ3) is 1.21. The summed E-state index contributed by atoms with van der Waals surface area (Å²) >= 11 is 0. The molecule has 0 radical (unpaired) electrons. The van der Waals surface area contributed by atoms with E-state index in [2.05, 4.69) is 12.2 Å². The van der Waals surface area contributed by atoms with E-state index in [9.17, 15) is 10.1 Å². The molecule has 0 aromatic heterocycles. The van der Waals surface area contributed by atoms with Gasteiger partial charge in [-0.05, 0) is 47.3 Å². The number of fused-ring (bicyclic) bond motifs is 2. The van der Waals surface area contributed by atoms with Gasteiger partial charge in [0.25, 0.3) is 5.69 Å². The minimum Gasteiger partial charge on any atom is -0.373 e. The maximum atomic E-state index is 10.6. The smallest absolute Gasteiger partial charge is 0.269 e. The van der Waals surface area contributed by atoms with Crippen LogP contribution in [-0.2, 0) is 11.3 Å². The van der Waals surface area contributed by atoms with Gasteiger partial charge in [0.15, 0.2) is 0 Å². The molecule has 0 aliphatic heterocycles. The first kappa shape index (κ1) is 11.0. The van der Waals surface area contributed by atoms with Crippen LogP contribution in [0.3, 0.4) is 0 Å². The number of nitro benzene ring substituents is 1. The molecule has 0 bridgehead atoms. The van der Waals surface area contributed by atoms with Crippen molar-refractivity contribution < 1.29 is 9.66 Å². The minimum atomic E-state index is -0.368. The molecule has 4 heteroatoms. The molecule has 4 aliphatic carbocycles. The van der Waals surface area contributed by atoms with Gasteiger partial charge in [0, 0.05) is 18.1 Å². The minimum absolute atomic E-state index is 0.139. The lowest BCUT2D eigenvalue weighted by Gasteiger charge is -2.36. The third-order valence-corrected chi connectivity index (χ3v) is 5.87. The Labute approximate surface area is 116 Å². The van der Waals surface area contributed by atoms with E-state index in [1.165, 1.54) is 0 Å². The molecule has 3 fully saturated rings. The van der Waals surface area contributed by atoms with Crippen molar-refractivity contribution in [2.45, 2.75) is 12.7 Å². The summed E-state index contributed by atoms with van der Waals surface area (Å²) in [5.74, 6) is 5.04. The normalized spacial score (nSPS) is 45.1. The van der Waals surface area contributed by atoms with Crippen LogP contribution < -0.4 is 0 Å². The highest BCUT2D eigenvalue weighted by molar-refractivity contribution is 5.36. The van der Waals surface area contributed by atoms with Crippen molar-refractivity contribution in [3.05, 3.63) is 52.1 Å². The molecule has 20 heavy (non-hydrogen) atoms. The second kappa shape index (κ2) is 3.50. The SMILES string of the molecule is O=[N+]([O-])c1ccc(CO[C@@H]2[C@@H]3C=C[C@H]4[C@H]3[C@H]3[C@H]4[C@@H]23)cc1. The van der Waals surface area contributed by atoms with Crippen LogP contribution in [0.1, 0.15) is 5.56 Å². The van der Waals surface area contributed by atoms with Crippen LogP contribution in [-0.4, -0.2) is 11.0 Å². The number of ether oxygens (including phenoxy) is 1. The highest BCUT2D eigenvalue weighted by Gasteiger charge is 2.79. The molecule has 0 amide bonds. The van der Waals surface area contributed by atoms with E-state index in [0.29, 0.717) is 18.6 Å². The Morgan fingerprint density at radius 3 is 2.50 bits per heavy atom. The fourth-order valence-electron chi connectivity index (χ4n) is 5.09. The maximum Gasteiger partial charge on any atom is 0.269 e. The molecule has 0 spiro atoms. The van der Waals surface area contributed by atoms with Crippen LogP contribution in [0.5, 0.6) is 0 Å². The van der Waals surface area contributed by atoms with Crippen LogP contribution >= 0.6 is 0 Å². The molecule has 3 saturated carbocycles. The van der Waals surface area contributed by atoms with Gasteiger partial charge in [0.2, 0.25) is 0 Å². The second-order valence-corrected chi connectivity index (χ2v) is 6.55. The van der Waals surface area contributed by atoms with Crippen molar-refractivity contribution in [3.8, 4) is 0 Å². The summed E-state index contributed by atoms with van der Waals surface area (Å²) in [7, 11) is 0. The Morgan fingerprint density at radius 2 is 1.75 bits per heavy atom. The van der Waals surface area contributed by atoms with Gasteiger partial charge in [-0.25, -0.2) is 0 Å². The van der Waals surface area contributed by atoms with Crippen molar-refractivity contribution >= 4 is 5.69 Å². The lowest BCUT2D eigenvalue weighted by molar-refractivity contribution is -0.384. The molecule has 1 aromatic carbocycles. The van der Waals surface area contributed by atoms with E-state index in [1.54, 1.807) is 24.3 Å². The highest BCUT2D eigenvalue weighted by Crippen LogP contribution is 2.80. The maximum absolute atomic E-state index is 10.6. The number of allylic oxidation sites excluding steroid dienone is 1. The molecule has 4 nitrogen and oxygen atoms in total. The lowest BCUT2D eigenvalue weighted by Crippen LogP contribution is -2.36. The Kier molecular flexibility index (Phi) is 1.93. The number of rotatable bonds is 4. The van der Waals surface area contributed by atoms with Gasteiger partial charge >= 0.3 is 0 Å². The first-order chi connectivity index (χ1) is 9.75. The predicted octanol–water partition coefficient (Wildman–Crippen LogP) is 2.79. The topological polar surface area (TPSA) is 52.4 Å². The van der Waals surface area contributed by atoms with E-state index in [4.69, 9.17) is 4.74 Å². The number of nitrogens with zero attached hydrogens (tertiary/aromatic N) is 1. The molecule has 5 rings (SSSR count). The molecule has 7 atom stereocenters. The summed E-state index contributed by atoms with van der Waals surface area (Å²) in [6.07, 6.45) is 5.17. The largest absolute Gasteiger partial charge is 0.373 e. The Bertz CT molecular complexity index is 623.